The van der Waals surface area contributed by atoms with Crippen LogP contribution in [0.5, 0.6) is 11.8 Å². The van der Waals surface area contributed by atoms with Gasteiger partial charge in [0.15, 0.2) is 0 Å². The summed E-state index contributed by atoms with van der Waals surface area (Å²) in [7, 11) is 1.41. The fourth-order valence-corrected chi connectivity index (χ4v) is 10.1. The van der Waals surface area contributed by atoms with Gasteiger partial charge in [0.25, 0.3) is 0 Å². The fraction of sp³-hybridized carbons (Fsp3) is 0.788. The van der Waals surface area contributed by atoms with Crippen LogP contribution in [0.2, 0.25) is 0 Å². The van der Waals surface area contributed by atoms with E-state index in [9.17, 15) is 34.8 Å². The molecule has 5 N–H and O–H groups in total. The molecule has 11 heteroatoms. The Morgan fingerprint density at radius 3 is 2.36 bits per heavy atom. The second-order valence-corrected chi connectivity index (χ2v) is 14.5. The molecule has 0 spiro atoms. The number of rotatable bonds is 9. The van der Waals surface area contributed by atoms with E-state index in [0.29, 0.717) is 24.0 Å². The molecule has 4 aliphatic rings. The molecule has 0 radical (unpaired) electrons. The third-order valence-corrected chi connectivity index (χ3v) is 12.5. The number of carbonyl (C=O) groups excluding carboxylic acids is 3. The third kappa shape index (κ3) is 5.82. The van der Waals surface area contributed by atoms with Crippen LogP contribution in [-0.4, -0.2) is 68.4 Å². The van der Waals surface area contributed by atoms with Crippen molar-refractivity contribution in [2.45, 2.75) is 110 Å². The molecular weight excluding hydrogens is 568 g/mol. The van der Waals surface area contributed by atoms with Crippen molar-refractivity contribution in [1.29, 1.82) is 0 Å². The highest BCUT2D eigenvalue weighted by atomic mass is 16.7. The van der Waals surface area contributed by atoms with E-state index >= 15 is 0 Å². The second kappa shape index (κ2) is 12.5. The van der Waals surface area contributed by atoms with E-state index in [-0.39, 0.29) is 77.1 Å². The summed E-state index contributed by atoms with van der Waals surface area (Å²) in [6.45, 7) is 6.73. The predicted molar refractivity (Wildman–Crippen MR) is 159 cm³/mol. The number of methoxy groups -OCH3 is 1. The third-order valence-electron chi connectivity index (χ3n) is 12.5. The molecule has 246 valence electrons. The summed E-state index contributed by atoms with van der Waals surface area (Å²) < 4.78 is 5.46. The first-order chi connectivity index (χ1) is 20.8. The molecule has 11 atom stereocenters. The number of fused-ring (bicyclic) bond motifs is 5. The van der Waals surface area contributed by atoms with Gasteiger partial charge in [-0.25, -0.2) is 4.79 Å². The van der Waals surface area contributed by atoms with Crippen molar-refractivity contribution in [2.75, 3.05) is 7.11 Å². The minimum absolute atomic E-state index is 0.0490. The van der Waals surface area contributed by atoms with Crippen LogP contribution >= 0.6 is 0 Å². The van der Waals surface area contributed by atoms with Gasteiger partial charge < -0.3 is 35.3 Å². The van der Waals surface area contributed by atoms with E-state index in [4.69, 9.17) is 9.57 Å². The summed E-state index contributed by atoms with van der Waals surface area (Å²) in [4.78, 5) is 41.6. The number of aliphatic hydroxyl groups is 2. The van der Waals surface area contributed by atoms with E-state index in [0.717, 1.165) is 38.5 Å². The van der Waals surface area contributed by atoms with Gasteiger partial charge in [-0.05, 0) is 97.7 Å². The Kier molecular flexibility index (Phi) is 9.29. The average Bonchev–Trinajstić information content (AvgIpc) is 3.50. The van der Waals surface area contributed by atoms with Gasteiger partial charge in [-0.15, -0.1) is 4.73 Å². The molecule has 4 saturated carbocycles. The number of carbonyl (C=O) groups is 3. The highest BCUT2D eigenvalue weighted by Gasteiger charge is 2.65. The van der Waals surface area contributed by atoms with E-state index in [1.807, 2.05) is 0 Å². The first kappa shape index (κ1) is 32.6. The lowest BCUT2D eigenvalue weighted by Crippen LogP contribution is -2.63. The number of nitrogens with zero attached hydrogens (tertiary/aromatic N) is 1. The quantitative estimate of drug-likeness (QED) is 0.261. The van der Waals surface area contributed by atoms with Crippen LogP contribution in [0.4, 0.5) is 0 Å². The van der Waals surface area contributed by atoms with E-state index < -0.39 is 29.9 Å². The lowest BCUT2D eigenvalue weighted by atomic mass is 9.43. The number of hydrogen-bond donors (Lipinski definition) is 5. The normalized spacial score (nSPS) is 38.5. The Morgan fingerprint density at radius 1 is 0.977 bits per heavy atom. The lowest BCUT2D eigenvalue weighted by Gasteiger charge is -2.63. The zero-order chi connectivity index (χ0) is 32.0. The molecule has 0 bridgehead atoms. The van der Waals surface area contributed by atoms with Gasteiger partial charge in [-0.2, -0.15) is 0 Å². The molecule has 1 aromatic heterocycles. The number of amides is 1. The minimum atomic E-state index is -0.755. The summed E-state index contributed by atoms with van der Waals surface area (Å²) in [5, 5.41) is 45.8. The Morgan fingerprint density at radius 2 is 1.68 bits per heavy atom. The zero-order valence-electron chi connectivity index (χ0n) is 26.4. The van der Waals surface area contributed by atoms with Crippen LogP contribution in [0.3, 0.4) is 0 Å². The Hall–Kier alpha value is -2.79. The van der Waals surface area contributed by atoms with Crippen LogP contribution in [0.25, 0.3) is 0 Å². The zero-order valence-corrected chi connectivity index (χ0v) is 26.4. The highest BCUT2D eigenvalue weighted by Crippen LogP contribution is 2.68. The van der Waals surface area contributed by atoms with E-state index in [1.165, 1.54) is 19.2 Å². The van der Waals surface area contributed by atoms with E-state index in [2.05, 4.69) is 26.1 Å². The second-order valence-electron chi connectivity index (χ2n) is 14.5. The largest absolute Gasteiger partial charge is 0.492 e. The first-order valence-corrected chi connectivity index (χ1v) is 16.3. The molecule has 44 heavy (non-hydrogen) atoms. The van der Waals surface area contributed by atoms with Crippen LogP contribution in [-0.2, 0) is 19.1 Å². The van der Waals surface area contributed by atoms with Crippen LogP contribution in [0, 0.1) is 46.3 Å². The molecule has 1 amide bonds. The van der Waals surface area contributed by atoms with E-state index in [1.54, 1.807) is 0 Å². The molecule has 0 aliphatic heterocycles. The van der Waals surface area contributed by atoms with Crippen molar-refractivity contribution >= 4 is 17.8 Å². The molecule has 0 aromatic carbocycles. The van der Waals surface area contributed by atoms with Gasteiger partial charge in [0, 0.05) is 31.0 Å². The molecule has 4 fully saturated rings. The molecule has 11 nitrogen and oxygen atoms in total. The molecule has 4 aliphatic carbocycles. The van der Waals surface area contributed by atoms with Gasteiger partial charge in [-0.1, -0.05) is 20.8 Å². The van der Waals surface area contributed by atoms with Gasteiger partial charge in [0.05, 0.1) is 25.7 Å². The average molecular weight is 619 g/mol. The SMILES string of the molecule is COC(=O)CC[C@@H](C)[C@H]1CC[C@H]2[C@@H]3[C@H](O)C[C@@H]4C[C@@H](NC(=O)CCC(=O)On5c(O)ccc5O)CC[C@]4(C)[C@H]3C[C@H](O)[C@]12C. The van der Waals surface area contributed by atoms with Gasteiger partial charge >= 0.3 is 11.9 Å². The fourth-order valence-electron chi connectivity index (χ4n) is 10.1. The molecule has 0 unspecified atom stereocenters. The maximum absolute atomic E-state index is 12.7. The maximum Gasteiger partial charge on any atom is 0.333 e. The number of aliphatic hydroxyl groups excluding tert-OH is 2. The molecule has 1 heterocycles. The molecule has 5 rings (SSSR count). The summed E-state index contributed by atoms with van der Waals surface area (Å²) in [5.74, 6) is -0.764. The Labute approximate surface area is 259 Å². The summed E-state index contributed by atoms with van der Waals surface area (Å²) in [6, 6.07) is 2.30. The summed E-state index contributed by atoms with van der Waals surface area (Å²) in [5.41, 5.74) is -0.349. The standard InChI is InChI=1S/C33H50N2O9/c1-18(5-11-29(41)43-4)21-6-7-22-31-23(17-25(37)33(21,22)3)32(2)14-13-20(15-19(32)16-24(31)36)34-26(38)8-12-30(42)44-35-27(39)9-10-28(35)40/h9-10,18-25,31,36-37,39-40H,5-8,11-17H2,1-4H3,(H,34,38)/t18-,19+,20+,21-,22+,23+,24-,25+,31+,32+,33-/m1/s1. The summed E-state index contributed by atoms with van der Waals surface area (Å²) in [6.07, 6.45) is 5.60. The van der Waals surface area contributed by atoms with Crippen LogP contribution in [0.1, 0.15) is 91.4 Å². The number of nitrogens with one attached hydrogen (secondary N) is 1. The smallest absolute Gasteiger partial charge is 0.333 e. The molecule has 1 aromatic rings. The van der Waals surface area contributed by atoms with Crippen molar-refractivity contribution in [1.82, 2.24) is 10.0 Å². The lowest BCUT2D eigenvalue weighted by molar-refractivity contribution is -0.202. The predicted octanol–water partition coefficient (Wildman–Crippen LogP) is 3.31. The maximum atomic E-state index is 12.7. The van der Waals surface area contributed by atoms with Gasteiger partial charge in [0.1, 0.15) is 0 Å². The van der Waals surface area contributed by atoms with Crippen LogP contribution in [0.15, 0.2) is 12.1 Å². The Bertz CT molecular complexity index is 1210. The van der Waals surface area contributed by atoms with Crippen molar-refractivity contribution in [3.05, 3.63) is 12.1 Å². The number of ether oxygens (including phenoxy) is 1. The van der Waals surface area contributed by atoms with Crippen molar-refractivity contribution in [3.63, 3.8) is 0 Å². The molecular formula is C33H50N2O9. The summed E-state index contributed by atoms with van der Waals surface area (Å²) >= 11 is 0. The van der Waals surface area contributed by atoms with Crippen molar-refractivity contribution in [3.8, 4) is 11.8 Å². The van der Waals surface area contributed by atoms with Crippen LogP contribution < -0.4 is 10.2 Å². The number of aromatic hydroxyl groups is 2. The highest BCUT2D eigenvalue weighted by molar-refractivity contribution is 5.81. The topological polar surface area (TPSA) is 168 Å². The van der Waals surface area contributed by atoms with Gasteiger partial charge in [0.2, 0.25) is 17.7 Å². The minimum Gasteiger partial charge on any atom is -0.492 e. The number of esters is 1. The first-order valence-electron chi connectivity index (χ1n) is 16.3. The van der Waals surface area contributed by atoms with Crippen molar-refractivity contribution < 1.29 is 44.4 Å². The molecule has 0 saturated heterocycles. The monoisotopic (exact) mass is 618 g/mol. The van der Waals surface area contributed by atoms with Crippen molar-refractivity contribution in [2.24, 2.45) is 46.3 Å². The van der Waals surface area contributed by atoms with Gasteiger partial charge in [-0.3, -0.25) is 9.59 Å². The number of aromatic nitrogens is 1. The Balaban J connectivity index is 1.19. The number of hydrogen-bond acceptors (Lipinski definition) is 9.